The van der Waals surface area contributed by atoms with Gasteiger partial charge in [0.1, 0.15) is 0 Å². The lowest BCUT2D eigenvalue weighted by atomic mass is 10.0. The molecule has 0 aromatic heterocycles. The normalized spacial score (nSPS) is 27.7. The van der Waals surface area contributed by atoms with Gasteiger partial charge < -0.3 is 9.64 Å². The zero-order valence-electron chi connectivity index (χ0n) is 17.4. The topological polar surface area (TPSA) is 79.0 Å². The molecule has 2 saturated heterocycles. The lowest BCUT2D eigenvalue weighted by Crippen LogP contribution is -2.48. The zero-order chi connectivity index (χ0) is 20.8. The van der Waals surface area contributed by atoms with Crippen LogP contribution in [0.15, 0.2) is 23.1 Å². The maximum absolute atomic E-state index is 13.0. The number of carbonyl (C=O) groups excluding carboxylic acids is 1. The number of carbonyl (C=O) groups is 1. The highest BCUT2D eigenvalue weighted by molar-refractivity contribution is 7.89. The van der Waals surface area contributed by atoms with Crippen LogP contribution in [-0.4, -0.2) is 63.7 Å². The minimum atomic E-state index is -3.61. The molecule has 0 saturated carbocycles. The Morgan fingerprint density at radius 3 is 2.79 bits per heavy atom. The van der Waals surface area contributed by atoms with Gasteiger partial charge in [-0.1, -0.05) is 13.8 Å². The molecule has 1 aromatic rings. The summed E-state index contributed by atoms with van der Waals surface area (Å²) in [6.45, 7) is 8.80. The first-order valence-electron chi connectivity index (χ1n) is 10.5. The molecule has 0 radical (unpaired) electrons. The number of sulfonamides is 1. The second-order valence-electron chi connectivity index (χ2n) is 8.84. The molecule has 2 fully saturated rings. The third kappa shape index (κ3) is 4.21. The quantitative estimate of drug-likeness (QED) is 0.802. The van der Waals surface area contributed by atoms with Crippen LogP contribution in [0.4, 0.5) is 5.69 Å². The molecule has 3 heterocycles. The minimum absolute atomic E-state index is 0.00999. The smallest absolute Gasteiger partial charge is 0.240 e. The maximum Gasteiger partial charge on any atom is 0.240 e. The van der Waals surface area contributed by atoms with Crippen molar-refractivity contribution in [3.8, 4) is 0 Å². The summed E-state index contributed by atoms with van der Waals surface area (Å²) in [5.74, 6) is 0.445. The summed E-state index contributed by atoms with van der Waals surface area (Å²) >= 11 is 0. The number of hydrogen-bond acceptors (Lipinski definition) is 5. The fourth-order valence-corrected chi connectivity index (χ4v) is 6.03. The lowest BCUT2D eigenvalue weighted by Gasteiger charge is -2.36. The summed E-state index contributed by atoms with van der Waals surface area (Å²) in [6.07, 6.45) is 2.62. The van der Waals surface area contributed by atoms with E-state index in [9.17, 15) is 13.2 Å². The van der Waals surface area contributed by atoms with Crippen molar-refractivity contribution >= 4 is 21.6 Å². The Morgan fingerprint density at radius 1 is 1.28 bits per heavy atom. The van der Waals surface area contributed by atoms with Gasteiger partial charge in [-0.25, -0.2) is 13.1 Å². The summed E-state index contributed by atoms with van der Waals surface area (Å²) in [5.41, 5.74) is 1.75. The number of benzene rings is 1. The van der Waals surface area contributed by atoms with Crippen molar-refractivity contribution in [2.75, 3.05) is 31.1 Å². The second kappa shape index (κ2) is 7.98. The number of morpholine rings is 1. The van der Waals surface area contributed by atoms with E-state index in [0.717, 1.165) is 43.6 Å². The predicted octanol–water partition coefficient (Wildman–Crippen LogP) is 1.76. The molecule has 0 bridgehead atoms. The van der Waals surface area contributed by atoms with E-state index < -0.39 is 10.0 Å². The second-order valence-corrected chi connectivity index (χ2v) is 10.6. The van der Waals surface area contributed by atoms with Crippen molar-refractivity contribution in [1.29, 1.82) is 0 Å². The number of hydrogen-bond donors (Lipinski definition) is 1. The van der Waals surface area contributed by atoms with Crippen LogP contribution in [0.3, 0.4) is 0 Å². The van der Waals surface area contributed by atoms with E-state index in [2.05, 4.69) is 23.5 Å². The number of ether oxygens (including phenoxy) is 1. The number of nitrogens with zero attached hydrogens (tertiary/aromatic N) is 2. The SMILES string of the molecule is CC(=O)N1CCCc2cc(S(=O)(=O)N[C@@H]3C[C@H]4CO[C@H](C(C)C)CN4C3)ccc21. The third-order valence-electron chi connectivity index (χ3n) is 6.37. The summed E-state index contributed by atoms with van der Waals surface area (Å²) in [7, 11) is -3.61. The summed E-state index contributed by atoms with van der Waals surface area (Å²) in [5, 5.41) is 0. The summed E-state index contributed by atoms with van der Waals surface area (Å²) < 4.78 is 34.9. The van der Waals surface area contributed by atoms with Crippen molar-refractivity contribution in [3.05, 3.63) is 23.8 Å². The molecule has 0 aliphatic carbocycles. The van der Waals surface area contributed by atoms with Gasteiger partial charge >= 0.3 is 0 Å². The number of rotatable bonds is 4. The standard InChI is InChI=1S/C21H31N3O4S/c1-14(2)21-12-23-11-17(10-18(23)13-28-21)22-29(26,27)19-6-7-20-16(9-19)5-4-8-24(20)15(3)25/h6-7,9,14,17-18,21-22H,4-5,8,10-13H2,1-3H3/t17-,18+,21+/m1/s1. The predicted molar refractivity (Wildman–Crippen MR) is 111 cm³/mol. The van der Waals surface area contributed by atoms with Crippen LogP contribution in [0.2, 0.25) is 0 Å². The molecule has 160 valence electrons. The highest BCUT2D eigenvalue weighted by Gasteiger charge is 2.39. The van der Waals surface area contributed by atoms with Crippen molar-refractivity contribution < 1.29 is 17.9 Å². The van der Waals surface area contributed by atoms with Crippen LogP contribution in [0, 0.1) is 5.92 Å². The monoisotopic (exact) mass is 421 g/mol. The van der Waals surface area contributed by atoms with Gasteiger partial charge in [-0.15, -0.1) is 0 Å². The lowest BCUT2D eigenvalue weighted by molar-refractivity contribution is -0.116. The number of amides is 1. The van der Waals surface area contributed by atoms with Crippen LogP contribution in [0.1, 0.15) is 39.2 Å². The molecule has 1 N–H and O–H groups in total. The fourth-order valence-electron chi connectivity index (χ4n) is 4.74. The first-order chi connectivity index (χ1) is 13.7. The van der Waals surface area contributed by atoms with Crippen LogP contribution in [0.5, 0.6) is 0 Å². The van der Waals surface area contributed by atoms with E-state index in [1.165, 1.54) is 0 Å². The fraction of sp³-hybridized carbons (Fsp3) is 0.667. The van der Waals surface area contributed by atoms with Crippen molar-refractivity contribution in [2.24, 2.45) is 5.92 Å². The van der Waals surface area contributed by atoms with E-state index >= 15 is 0 Å². The van der Waals surface area contributed by atoms with Gasteiger partial charge in [0.05, 0.1) is 17.6 Å². The van der Waals surface area contributed by atoms with E-state index in [1.807, 2.05) is 0 Å². The first kappa shape index (κ1) is 20.8. The first-order valence-corrected chi connectivity index (χ1v) is 12.0. The molecule has 0 unspecified atom stereocenters. The molecule has 4 rings (SSSR count). The van der Waals surface area contributed by atoms with Gasteiger partial charge in [0.25, 0.3) is 0 Å². The summed E-state index contributed by atoms with van der Waals surface area (Å²) in [6, 6.07) is 5.29. The molecule has 3 atom stereocenters. The zero-order valence-corrected chi connectivity index (χ0v) is 18.2. The molecule has 1 aromatic carbocycles. The number of aryl methyl sites for hydroxylation is 1. The molecule has 7 nitrogen and oxygen atoms in total. The van der Waals surface area contributed by atoms with Crippen LogP contribution < -0.4 is 9.62 Å². The Morgan fingerprint density at radius 2 is 2.07 bits per heavy atom. The molecule has 0 spiro atoms. The molecular weight excluding hydrogens is 390 g/mol. The third-order valence-corrected chi connectivity index (χ3v) is 7.89. The van der Waals surface area contributed by atoms with E-state index in [0.29, 0.717) is 19.1 Å². The van der Waals surface area contributed by atoms with Crippen LogP contribution >= 0.6 is 0 Å². The Balaban J connectivity index is 1.47. The van der Waals surface area contributed by atoms with Crippen LogP contribution in [0.25, 0.3) is 0 Å². The highest BCUT2D eigenvalue weighted by Crippen LogP contribution is 2.31. The Kier molecular flexibility index (Phi) is 5.72. The van der Waals surface area contributed by atoms with Gasteiger partial charge in [-0.05, 0) is 48.9 Å². The van der Waals surface area contributed by atoms with E-state index in [1.54, 1.807) is 30.0 Å². The minimum Gasteiger partial charge on any atom is -0.375 e. The van der Waals surface area contributed by atoms with Crippen molar-refractivity contribution in [1.82, 2.24) is 9.62 Å². The Bertz CT molecular complexity index is 886. The maximum atomic E-state index is 13.0. The Hall–Kier alpha value is -1.48. The number of nitrogens with one attached hydrogen (secondary N) is 1. The van der Waals surface area contributed by atoms with Gasteiger partial charge in [0.2, 0.25) is 15.9 Å². The molecule has 29 heavy (non-hydrogen) atoms. The van der Waals surface area contributed by atoms with Gasteiger partial charge in [0.15, 0.2) is 0 Å². The number of anilines is 1. The molecule has 8 heteroatoms. The molecular formula is C21H31N3O4S. The van der Waals surface area contributed by atoms with Crippen LogP contribution in [-0.2, 0) is 26.0 Å². The van der Waals surface area contributed by atoms with Crippen molar-refractivity contribution in [2.45, 2.75) is 63.1 Å². The molecule has 1 amide bonds. The molecule has 3 aliphatic rings. The van der Waals surface area contributed by atoms with E-state index in [4.69, 9.17) is 4.74 Å². The van der Waals surface area contributed by atoms with Gasteiger partial charge in [-0.2, -0.15) is 0 Å². The van der Waals surface area contributed by atoms with E-state index in [-0.39, 0.29) is 29.0 Å². The average molecular weight is 422 g/mol. The largest absolute Gasteiger partial charge is 0.375 e. The van der Waals surface area contributed by atoms with Crippen molar-refractivity contribution in [3.63, 3.8) is 0 Å². The summed E-state index contributed by atoms with van der Waals surface area (Å²) in [4.78, 5) is 16.2. The van der Waals surface area contributed by atoms with Gasteiger partial charge in [-0.3, -0.25) is 9.69 Å². The average Bonchev–Trinajstić information content (AvgIpc) is 3.07. The highest BCUT2D eigenvalue weighted by atomic mass is 32.2. The Labute approximate surface area is 173 Å². The van der Waals surface area contributed by atoms with Gasteiger partial charge in [0, 0.05) is 44.3 Å². The molecule has 3 aliphatic heterocycles. The number of fused-ring (bicyclic) bond motifs is 2.